The average Bonchev–Trinajstić information content (AvgIpc) is 2.87. The van der Waals surface area contributed by atoms with Crippen LogP contribution in [0.25, 0.3) is 11.0 Å². The predicted molar refractivity (Wildman–Crippen MR) is 56.8 cm³/mol. The lowest BCUT2D eigenvalue weighted by molar-refractivity contribution is 0.111. The highest BCUT2D eigenvalue weighted by Crippen LogP contribution is 2.32. The van der Waals surface area contributed by atoms with Gasteiger partial charge in [0.05, 0.1) is 11.9 Å². The van der Waals surface area contributed by atoms with Crippen LogP contribution in [-0.4, -0.2) is 20.6 Å². The highest BCUT2D eigenvalue weighted by atomic mass is 16.1. The lowest BCUT2D eigenvalue weighted by atomic mass is 10.4. The maximum Gasteiger partial charge on any atom is 0.166 e. The van der Waals surface area contributed by atoms with E-state index in [1.165, 1.54) is 12.8 Å². The van der Waals surface area contributed by atoms with Gasteiger partial charge in [0.15, 0.2) is 6.29 Å². The van der Waals surface area contributed by atoms with Crippen molar-refractivity contribution >= 4 is 17.3 Å². The third kappa shape index (κ3) is 1.28. The summed E-state index contributed by atoms with van der Waals surface area (Å²) in [5.41, 5.74) is 1.83. The van der Waals surface area contributed by atoms with E-state index in [0.717, 1.165) is 35.5 Å². The van der Waals surface area contributed by atoms with Gasteiger partial charge < -0.3 is 4.57 Å². The van der Waals surface area contributed by atoms with Crippen molar-refractivity contribution in [1.29, 1.82) is 0 Å². The second kappa shape index (κ2) is 2.95. The Labute approximate surface area is 87.5 Å². The van der Waals surface area contributed by atoms with E-state index in [1.807, 2.05) is 24.0 Å². The summed E-state index contributed by atoms with van der Waals surface area (Å²) in [5.74, 6) is 0.759. The Hall–Kier alpha value is -1.58. The summed E-state index contributed by atoms with van der Waals surface area (Å²) in [7, 11) is 1.92. The number of carbonyl (C=O) groups is 1. The molecule has 78 valence electrons. The first-order valence-corrected chi connectivity index (χ1v) is 5.26. The van der Waals surface area contributed by atoms with Crippen molar-refractivity contribution < 1.29 is 4.79 Å². The maximum atomic E-state index is 11.0. The molecule has 0 radical (unpaired) electrons. The molecule has 15 heavy (non-hydrogen) atoms. The number of aromatic nitrogens is 3. The minimum Gasteiger partial charge on any atom is -0.323 e. The molecule has 1 saturated carbocycles. The van der Waals surface area contributed by atoms with Gasteiger partial charge in [-0.1, -0.05) is 0 Å². The van der Waals surface area contributed by atoms with Gasteiger partial charge in [-0.3, -0.25) is 9.48 Å². The molecule has 0 atom stereocenters. The lowest BCUT2D eigenvalue weighted by Gasteiger charge is -2.06. The summed E-state index contributed by atoms with van der Waals surface area (Å²) in [5, 5.41) is 5.26. The van der Waals surface area contributed by atoms with E-state index < -0.39 is 0 Å². The Bertz CT molecular complexity index is 519. The maximum absolute atomic E-state index is 11.0. The van der Waals surface area contributed by atoms with Crippen molar-refractivity contribution in [2.45, 2.75) is 19.4 Å². The van der Waals surface area contributed by atoms with Crippen molar-refractivity contribution in [1.82, 2.24) is 14.3 Å². The van der Waals surface area contributed by atoms with Gasteiger partial charge in [0.25, 0.3) is 0 Å². The van der Waals surface area contributed by atoms with Gasteiger partial charge >= 0.3 is 0 Å². The number of aldehydes is 1. The zero-order chi connectivity index (χ0) is 10.4. The van der Waals surface area contributed by atoms with E-state index in [-0.39, 0.29) is 0 Å². The smallest absolute Gasteiger partial charge is 0.166 e. The summed E-state index contributed by atoms with van der Waals surface area (Å²) in [6.45, 7) is 0.955. The van der Waals surface area contributed by atoms with Crippen LogP contribution >= 0.6 is 0 Å². The van der Waals surface area contributed by atoms with Crippen LogP contribution in [0.15, 0.2) is 12.3 Å². The first-order chi connectivity index (χ1) is 7.29. The first-order valence-electron chi connectivity index (χ1n) is 5.26. The van der Waals surface area contributed by atoms with Crippen LogP contribution in [0.4, 0.5) is 0 Å². The van der Waals surface area contributed by atoms with E-state index in [9.17, 15) is 4.79 Å². The summed E-state index contributed by atoms with van der Waals surface area (Å²) in [6.07, 6.45) is 5.32. The largest absolute Gasteiger partial charge is 0.323 e. The zero-order valence-electron chi connectivity index (χ0n) is 8.68. The molecule has 1 aliphatic carbocycles. The molecule has 4 heteroatoms. The second-order valence-corrected chi connectivity index (χ2v) is 4.29. The molecule has 0 N–H and O–H groups in total. The molecule has 1 aliphatic rings. The van der Waals surface area contributed by atoms with Crippen LogP contribution < -0.4 is 0 Å². The molecule has 4 nitrogen and oxygen atoms in total. The van der Waals surface area contributed by atoms with Crippen molar-refractivity contribution in [2.75, 3.05) is 0 Å². The van der Waals surface area contributed by atoms with E-state index in [4.69, 9.17) is 0 Å². The van der Waals surface area contributed by atoms with E-state index in [2.05, 4.69) is 9.67 Å². The summed E-state index contributed by atoms with van der Waals surface area (Å²) in [4.78, 5) is 11.0. The monoisotopic (exact) mass is 203 g/mol. The molecule has 2 heterocycles. The summed E-state index contributed by atoms with van der Waals surface area (Å²) >= 11 is 0. The molecule has 1 fully saturated rings. The highest BCUT2D eigenvalue weighted by molar-refractivity contribution is 5.86. The summed E-state index contributed by atoms with van der Waals surface area (Å²) < 4.78 is 3.93. The van der Waals surface area contributed by atoms with Crippen LogP contribution in [0.5, 0.6) is 0 Å². The average molecular weight is 203 g/mol. The molecule has 0 amide bonds. The molecule has 0 aromatic carbocycles. The number of fused-ring (bicyclic) bond motifs is 1. The lowest BCUT2D eigenvalue weighted by Crippen LogP contribution is -2.07. The fourth-order valence-corrected chi connectivity index (χ4v) is 2.09. The third-order valence-corrected chi connectivity index (χ3v) is 3.06. The minimum atomic E-state index is 0.759. The molecule has 2 aromatic rings. The quantitative estimate of drug-likeness (QED) is 0.711. The fraction of sp³-hybridized carbons (Fsp3) is 0.455. The number of aryl methyl sites for hydroxylation is 1. The number of hydrogen-bond acceptors (Lipinski definition) is 2. The third-order valence-electron chi connectivity index (χ3n) is 3.06. The van der Waals surface area contributed by atoms with E-state index in [1.54, 1.807) is 0 Å². The van der Waals surface area contributed by atoms with Crippen molar-refractivity contribution in [3.8, 4) is 0 Å². The first kappa shape index (κ1) is 8.71. The van der Waals surface area contributed by atoms with Crippen molar-refractivity contribution in [3.05, 3.63) is 18.0 Å². The van der Waals surface area contributed by atoms with Crippen molar-refractivity contribution in [2.24, 2.45) is 13.0 Å². The molecule has 0 spiro atoms. The molecule has 0 bridgehead atoms. The van der Waals surface area contributed by atoms with Crippen LogP contribution in [-0.2, 0) is 13.6 Å². The van der Waals surface area contributed by atoms with Gasteiger partial charge in [0.1, 0.15) is 5.65 Å². The highest BCUT2D eigenvalue weighted by Gasteiger charge is 2.24. The van der Waals surface area contributed by atoms with Crippen LogP contribution in [0, 0.1) is 5.92 Å². The minimum absolute atomic E-state index is 0.759. The SMILES string of the molecule is Cn1ncc2cc(C=O)n(CC3CC3)c21. The van der Waals surface area contributed by atoms with Crippen LogP contribution in [0.2, 0.25) is 0 Å². The molecule has 0 unspecified atom stereocenters. The van der Waals surface area contributed by atoms with Gasteiger partial charge in [0, 0.05) is 19.0 Å². The van der Waals surface area contributed by atoms with Gasteiger partial charge in [-0.15, -0.1) is 0 Å². The predicted octanol–water partition coefficient (Wildman–Crippen LogP) is 1.60. The Morgan fingerprint density at radius 3 is 3.07 bits per heavy atom. The van der Waals surface area contributed by atoms with Gasteiger partial charge in [0.2, 0.25) is 0 Å². The molecular weight excluding hydrogens is 190 g/mol. The molecule has 0 aliphatic heterocycles. The number of hydrogen-bond donors (Lipinski definition) is 0. The molecular formula is C11H13N3O. The van der Waals surface area contributed by atoms with E-state index >= 15 is 0 Å². The topological polar surface area (TPSA) is 39.8 Å². The van der Waals surface area contributed by atoms with Gasteiger partial charge in [-0.05, 0) is 24.8 Å². The normalized spacial score (nSPS) is 16.1. The standard InChI is InChI=1S/C11H13N3O/c1-13-11-9(5-12-13)4-10(7-15)14(11)6-8-2-3-8/h4-5,7-8H,2-3,6H2,1H3. The second-order valence-electron chi connectivity index (χ2n) is 4.29. The van der Waals surface area contributed by atoms with Gasteiger partial charge in [-0.2, -0.15) is 5.10 Å². The Morgan fingerprint density at radius 2 is 2.40 bits per heavy atom. The molecule has 0 saturated heterocycles. The fourth-order valence-electron chi connectivity index (χ4n) is 2.09. The summed E-state index contributed by atoms with van der Waals surface area (Å²) in [6, 6.07) is 1.91. The van der Waals surface area contributed by atoms with E-state index in [0.29, 0.717) is 0 Å². The number of rotatable bonds is 3. The molecule has 3 rings (SSSR count). The zero-order valence-corrected chi connectivity index (χ0v) is 8.68. The number of carbonyl (C=O) groups excluding carboxylic acids is 1. The Balaban J connectivity index is 2.18. The molecule has 2 aromatic heterocycles. The number of nitrogens with zero attached hydrogens (tertiary/aromatic N) is 3. The Kier molecular flexibility index (Phi) is 1.71. The van der Waals surface area contributed by atoms with Crippen LogP contribution in [0.1, 0.15) is 23.3 Å². The van der Waals surface area contributed by atoms with Crippen LogP contribution in [0.3, 0.4) is 0 Å². The van der Waals surface area contributed by atoms with Crippen molar-refractivity contribution in [3.63, 3.8) is 0 Å². The van der Waals surface area contributed by atoms with Gasteiger partial charge in [-0.25, -0.2) is 0 Å². The Morgan fingerprint density at radius 1 is 1.60 bits per heavy atom.